The third kappa shape index (κ3) is 2.51. The van der Waals surface area contributed by atoms with Gasteiger partial charge in [0, 0.05) is 17.3 Å². The predicted octanol–water partition coefficient (Wildman–Crippen LogP) is 3.42. The number of ether oxygens (including phenoxy) is 2. The van der Waals surface area contributed by atoms with Gasteiger partial charge in [-0.05, 0) is 46.6 Å². The molecule has 0 fully saturated rings. The van der Waals surface area contributed by atoms with Gasteiger partial charge in [0.05, 0.1) is 14.2 Å². The minimum Gasteiger partial charge on any atom is -0.495 e. The van der Waals surface area contributed by atoms with Gasteiger partial charge in [-0.2, -0.15) is 0 Å². The molecular weight excluding hydrogens is 308 g/mol. The van der Waals surface area contributed by atoms with Crippen molar-refractivity contribution in [1.29, 1.82) is 0 Å². The van der Waals surface area contributed by atoms with Crippen LogP contribution in [0.1, 0.15) is 5.56 Å². The molecule has 100 valence electrons. The summed E-state index contributed by atoms with van der Waals surface area (Å²) in [5.41, 5.74) is 8.65. The highest BCUT2D eigenvalue weighted by Crippen LogP contribution is 2.42. The van der Waals surface area contributed by atoms with E-state index in [1.165, 1.54) is 0 Å². The summed E-state index contributed by atoms with van der Waals surface area (Å²) >= 11 is 3.49. The van der Waals surface area contributed by atoms with Crippen molar-refractivity contribution in [3.63, 3.8) is 0 Å². The predicted molar refractivity (Wildman–Crippen MR) is 79.6 cm³/mol. The average Bonchev–Trinajstić information content (AvgIpc) is 2.38. The van der Waals surface area contributed by atoms with Crippen molar-refractivity contribution in [3.8, 4) is 22.6 Å². The van der Waals surface area contributed by atoms with E-state index >= 15 is 0 Å². The monoisotopic (exact) mass is 322 g/mol. The molecule has 2 rings (SSSR count). The maximum Gasteiger partial charge on any atom is 0.144 e. The number of hydrogen-bond acceptors (Lipinski definition) is 4. The smallest absolute Gasteiger partial charge is 0.144 e. The number of hydrogen-bond donors (Lipinski definition) is 1. The molecular formula is C14H15BrN2O2. The van der Waals surface area contributed by atoms with E-state index in [9.17, 15) is 0 Å². The number of pyridine rings is 1. The van der Waals surface area contributed by atoms with Gasteiger partial charge in [-0.1, -0.05) is 0 Å². The fourth-order valence-electron chi connectivity index (χ4n) is 1.97. The number of nitrogens with two attached hydrogens (primary N) is 1. The highest BCUT2D eigenvalue weighted by molar-refractivity contribution is 9.10. The van der Waals surface area contributed by atoms with E-state index in [1.54, 1.807) is 20.4 Å². The number of halogens is 1. The molecule has 1 aromatic heterocycles. The lowest BCUT2D eigenvalue weighted by molar-refractivity contribution is 0.390. The largest absolute Gasteiger partial charge is 0.495 e. The second-order valence-electron chi connectivity index (χ2n) is 4.09. The van der Waals surface area contributed by atoms with Crippen LogP contribution in [0.3, 0.4) is 0 Å². The summed E-state index contributed by atoms with van der Waals surface area (Å²) in [6.45, 7) is 1.99. The molecule has 0 aliphatic carbocycles. The van der Waals surface area contributed by atoms with Crippen LogP contribution in [0.2, 0.25) is 0 Å². The molecule has 0 amide bonds. The molecule has 0 radical (unpaired) electrons. The van der Waals surface area contributed by atoms with Crippen LogP contribution in [0.5, 0.6) is 11.5 Å². The lowest BCUT2D eigenvalue weighted by atomic mass is 10.0. The lowest BCUT2D eigenvalue weighted by Crippen LogP contribution is -1.96. The van der Waals surface area contributed by atoms with Gasteiger partial charge in [0.1, 0.15) is 21.8 Å². The van der Waals surface area contributed by atoms with Gasteiger partial charge >= 0.3 is 0 Å². The van der Waals surface area contributed by atoms with E-state index in [-0.39, 0.29) is 0 Å². The molecule has 1 aromatic carbocycles. The number of aryl methyl sites for hydroxylation is 1. The van der Waals surface area contributed by atoms with Gasteiger partial charge in [0.2, 0.25) is 0 Å². The number of anilines is 1. The molecule has 0 aliphatic heterocycles. The van der Waals surface area contributed by atoms with E-state index in [0.717, 1.165) is 26.9 Å². The lowest BCUT2D eigenvalue weighted by Gasteiger charge is -2.15. The molecule has 0 aliphatic rings. The zero-order valence-electron chi connectivity index (χ0n) is 11.0. The number of rotatable bonds is 3. The Morgan fingerprint density at radius 3 is 2.47 bits per heavy atom. The highest BCUT2D eigenvalue weighted by Gasteiger charge is 2.15. The first-order chi connectivity index (χ1) is 9.08. The molecule has 1 heterocycles. The van der Waals surface area contributed by atoms with Crippen molar-refractivity contribution in [2.75, 3.05) is 20.0 Å². The Morgan fingerprint density at radius 1 is 1.16 bits per heavy atom. The number of nitrogens with zero attached hydrogens (tertiary/aromatic N) is 1. The van der Waals surface area contributed by atoms with Crippen LogP contribution in [0.15, 0.2) is 28.9 Å². The van der Waals surface area contributed by atoms with Gasteiger partial charge in [-0.25, -0.2) is 4.98 Å². The van der Waals surface area contributed by atoms with Crippen LogP contribution in [0, 0.1) is 6.92 Å². The number of methoxy groups -OCH3 is 2. The number of nitrogen functional groups attached to an aromatic ring is 1. The Hall–Kier alpha value is -1.75. The van der Waals surface area contributed by atoms with Crippen molar-refractivity contribution in [1.82, 2.24) is 4.98 Å². The minimum atomic E-state index is 0.507. The van der Waals surface area contributed by atoms with Crippen molar-refractivity contribution in [2.45, 2.75) is 6.92 Å². The van der Waals surface area contributed by atoms with Crippen molar-refractivity contribution < 1.29 is 9.47 Å². The van der Waals surface area contributed by atoms with E-state index in [0.29, 0.717) is 11.6 Å². The van der Waals surface area contributed by atoms with E-state index in [4.69, 9.17) is 15.2 Å². The molecule has 5 heteroatoms. The standard InChI is InChI=1S/C14H15BrN2O2/c1-8-6-12(16)17-7-10(8)9-4-5-11(18-2)13(15)14(9)19-3/h4-7H,1-3H3,(H2,16,17). The fraction of sp³-hybridized carbons (Fsp3) is 0.214. The molecule has 2 N–H and O–H groups in total. The topological polar surface area (TPSA) is 57.4 Å². The first-order valence-electron chi connectivity index (χ1n) is 5.71. The number of benzene rings is 1. The molecule has 0 atom stereocenters. The Balaban J connectivity index is 2.65. The summed E-state index contributed by atoms with van der Waals surface area (Å²) in [7, 11) is 3.25. The number of aromatic nitrogens is 1. The SMILES string of the molecule is COc1ccc(-c2cnc(N)cc2C)c(OC)c1Br. The molecule has 0 saturated heterocycles. The van der Waals surface area contributed by atoms with E-state index in [2.05, 4.69) is 20.9 Å². The average molecular weight is 323 g/mol. The van der Waals surface area contributed by atoms with Crippen LogP contribution in [0.25, 0.3) is 11.1 Å². The highest BCUT2D eigenvalue weighted by atomic mass is 79.9. The van der Waals surface area contributed by atoms with Crippen LogP contribution in [0.4, 0.5) is 5.82 Å². The van der Waals surface area contributed by atoms with Crippen molar-refractivity contribution in [3.05, 3.63) is 34.4 Å². The molecule has 0 unspecified atom stereocenters. The summed E-state index contributed by atoms with van der Waals surface area (Å²) in [4.78, 5) is 4.14. The maximum atomic E-state index is 5.68. The van der Waals surface area contributed by atoms with Crippen LogP contribution >= 0.6 is 15.9 Å². The van der Waals surface area contributed by atoms with Gasteiger partial charge in [0.15, 0.2) is 0 Å². The Morgan fingerprint density at radius 2 is 1.89 bits per heavy atom. The van der Waals surface area contributed by atoms with Crippen LogP contribution in [-0.2, 0) is 0 Å². The molecule has 4 nitrogen and oxygen atoms in total. The van der Waals surface area contributed by atoms with E-state index in [1.807, 2.05) is 25.1 Å². The Kier molecular flexibility index (Phi) is 3.95. The third-order valence-electron chi connectivity index (χ3n) is 2.91. The summed E-state index contributed by atoms with van der Waals surface area (Å²) in [5.74, 6) is 1.95. The zero-order valence-corrected chi connectivity index (χ0v) is 12.6. The quantitative estimate of drug-likeness (QED) is 0.940. The van der Waals surface area contributed by atoms with Gasteiger partial charge in [-0.15, -0.1) is 0 Å². The molecule has 2 aromatic rings. The normalized spacial score (nSPS) is 10.3. The van der Waals surface area contributed by atoms with E-state index < -0.39 is 0 Å². The zero-order chi connectivity index (χ0) is 14.0. The second kappa shape index (κ2) is 5.48. The first kappa shape index (κ1) is 13.7. The Labute approximate surface area is 120 Å². The van der Waals surface area contributed by atoms with Gasteiger partial charge in [-0.3, -0.25) is 0 Å². The molecule has 0 bridgehead atoms. The van der Waals surface area contributed by atoms with Gasteiger partial charge < -0.3 is 15.2 Å². The van der Waals surface area contributed by atoms with Crippen LogP contribution < -0.4 is 15.2 Å². The summed E-state index contributed by atoms with van der Waals surface area (Å²) in [5, 5.41) is 0. The first-order valence-corrected chi connectivity index (χ1v) is 6.50. The third-order valence-corrected chi connectivity index (χ3v) is 3.66. The summed E-state index contributed by atoms with van der Waals surface area (Å²) in [6.07, 6.45) is 1.75. The maximum absolute atomic E-state index is 5.68. The molecule has 0 spiro atoms. The molecule has 0 saturated carbocycles. The molecule has 19 heavy (non-hydrogen) atoms. The second-order valence-corrected chi connectivity index (χ2v) is 4.88. The van der Waals surface area contributed by atoms with Crippen molar-refractivity contribution in [2.24, 2.45) is 0 Å². The summed E-state index contributed by atoms with van der Waals surface area (Å²) < 4.78 is 11.5. The minimum absolute atomic E-state index is 0.507. The van der Waals surface area contributed by atoms with Crippen molar-refractivity contribution >= 4 is 21.7 Å². The van der Waals surface area contributed by atoms with Gasteiger partial charge in [0.25, 0.3) is 0 Å². The van der Waals surface area contributed by atoms with Crippen LogP contribution in [-0.4, -0.2) is 19.2 Å². The Bertz CT molecular complexity index is 615. The fourth-order valence-corrected chi connectivity index (χ4v) is 2.64. The summed E-state index contributed by atoms with van der Waals surface area (Å²) in [6, 6.07) is 5.67.